The minimum atomic E-state index is -0.231. The average Bonchev–Trinajstić information content (AvgIpc) is 3.48. The Labute approximate surface area is 185 Å². The first-order chi connectivity index (χ1) is 15.2. The predicted octanol–water partition coefficient (Wildman–Crippen LogP) is 5.60. The zero-order valence-electron chi connectivity index (χ0n) is 16.3. The molecule has 0 spiro atoms. The number of benzene rings is 1. The van der Waals surface area contributed by atoms with Crippen LogP contribution in [-0.4, -0.2) is 24.6 Å². The van der Waals surface area contributed by atoms with Gasteiger partial charge in [-0.2, -0.15) is 0 Å². The normalized spacial score (nSPS) is 15.8. The van der Waals surface area contributed by atoms with Gasteiger partial charge in [0.2, 0.25) is 10.1 Å². The summed E-state index contributed by atoms with van der Waals surface area (Å²) in [6.07, 6.45) is 8.61. The fourth-order valence-electron chi connectivity index (χ4n) is 3.84. The summed E-state index contributed by atoms with van der Waals surface area (Å²) < 4.78 is 15.1. The molecule has 1 aliphatic rings. The fraction of sp³-hybridized carbons (Fsp3) is 0.182. The van der Waals surface area contributed by atoms with Crippen molar-refractivity contribution in [3.05, 3.63) is 71.4 Å². The summed E-state index contributed by atoms with van der Waals surface area (Å²) in [5, 5.41) is 10.0. The van der Waals surface area contributed by atoms with Crippen molar-refractivity contribution in [2.24, 2.45) is 0 Å². The summed E-state index contributed by atoms with van der Waals surface area (Å²) in [6, 6.07) is 10.5. The lowest BCUT2D eigenvalue weighted by atomic mass is 9.98. The van der Waals surface area contributed by atoms with Gasteiger partial charge < -0.3 is 5.32 Å². The highest BCUT2D eigenvalue weighted by molar-refractivity contribution is 7.20. The van der Waals surface area contributed by atoms with Gasteiger partial charge >= 0.3 is 0 Å². The van der Waals surface area contributed by atoms with Crippen LogP contribution in [0, 0.1) is 5.82 Å². The van der Waals surface area contributed by atoms with E-state index in [0.29, 0.717) is 0 Å². The second-order valence-electron chi connectivity index (χ2n) is 7.43. The van der Waals surface area contributed by atoms with Crippen molar-refractivity contribution in [1.82, 2.24) is 24.6 Å². The second kappa shape index (κ2) is 7.51. The molecule has 0 bridgehead atoms. The fourth-order valence-corrected chi connectivity index (χ4v) is 5.84. The molecule has 1 atom stereocenters. The lowest BCUT2D eigenvalue weighted by Crippen LogP contribution is -2.16. The van der Waals surface area contributed by atoms with Crippen LogP contribution in [0.3, 0.4) is 0 Å². The molecule has 0 fully saturated rings. The third kappa shape index (κ3) is 3.49. The Bertz CT molecular complexity index is 1320. The molecule has 4 heterocycles. The molecule has 0 aliphatic heterocycles. The molecule has 6 nitrogen and oxygen atoms in total. The standard InChI is InChI=1S/C22H17FN6S2/c23-15-8-6-13(7-9-15)20-27-19-16(4-1-5-18(19)30-20)25-21-28-29-12-17(26-22(29)31-21)14-3-2-10-24-11-14/h2-3,6-12,16H,1,4-5H2,(H,25,28). The lowest BCUT2D eigenvalue weighted by molar-refractivity contribution is 0.593. The largest absolute Gasteiger partial charge is 0.352 e. The van der Waals surface area contributed by atoms with E-state index in [1.54, 1.807) is 35.9 Å². The molecule has 1 N–H and O–H groups in total. The van der Waals surface area contributed by atoms with Crippen molar-refractivity contribution in [2.75, 3.05) is 5.32 Å². The van der Waals surface area contributed by atoms with E-state index in [9.17, 15) is 4.39 Å². The van der Waals surface area contributed by atoms with E-state index in [4.69, 9.17) is 4.98 Å². The Morgan fingerprint density at radius 1 is 1.06 bits per heavy atom. The number of anilines is 1. The first-order valence-corrected chi connectivity index (χ1v) is 11.6. The van der Waals surface area contributed by atoms with Crippen molar-refractivity contribution in [3.63, 3.8) is 0 Å². The van der Waals surface area contributed by atoms with Crippen molar-refractivity contribution in [3.8, 4) is 21.8 Å². The number of nitrogens with one attached hydrogen (secondary N) is 1. The van der Waals surface area contributed by atoms with Crippen LogP contribution in [0.2, 0.25) is 0 Å². The zero-order chi connectivity index (χ0) is 20.8. The monoisotopic (exact) mass is 448 g/mol. The molecule has 0 saturated heterocycles. The maximum absolute atomic E-state index is 13.3. The van der Waals surface area contributed by atoms with Gasteiger partial charge in [-0.1, -0.05) is 11.3 Å². The van der Waals surface area contributed by atoms with Gasteiger partial charge in [0.25, 0.3) is 0 Å². The highest BCUT2D eigenvalue weighted by Crippen LogP contribution is 2.39. The second-order valence-corrected chi connectivity index (χ2v) is 9.47. The Morgan fingerprint density at radius 3 is 2.77 bits per heavy atom. The van der Waals surface area contributed by atoms with Gasteiger partial charge in [-0.05, 0) is 55.7 Å². The number of imidazole rings is 1. The van der Waals surface area contributed by atoms with E-state index in [0.717, 1.165) is 56.9 Å². The van der Waals surface area contributed by atoms with Gasteiger partial charge in [-0.25, -0.2) is 18.9 Å². The molecule has 4 aromatic heterocycles. The van der Waals surface area contributed by atoms with Crippen molar-refractivity contribution in [1.29, 1.82) is 0 Å². The first-order valence-electron chi connectivity index (χ1n) is 10.0. The van der Waals surface area contributed by atoms with Gasteiger partial charge in [-0.15, -0.1) is 16.4 Å². The number of halogens is 1. The van der Waals surface area contributed by atoms with E-state index in [1.807, 2.05) is 22.8 Å². The van der Waals surface area contributed by atoms with Crippen LogP contribution in [0.4, 0.5) is 9.52 Å². The Kier molecular flexibility index (Phi) is 4.50. The van der Waals surface area contributed by atoms with E-state index >= 15 is 0 Å². The van der Waals surface area contributed by atoms with E-state index < -0.39 is 0 Å². The van der Waals surface area contributed by atoms with Gasteiger partial charge in [0.15, 0.2) is 0 Å². The molecule has 1 aromatic carbocycles. The molecule has 0 amide bonds. The number of nitrogens with zero attached hydrogens (tertiary/aromatic N) is 5. The number of pyridine rings is 1. The smallest absolute Gasteiger partial charge is 0.214 e. The molecule has 0 saturated carbocycles. The molecule has 1 aliphatic carbocycles. The van der Waals surface area contributed by atoms with Gasteiger partial charge in [0, 0.05) is 28.4 Å². The number of rotatable bonds is 4. The summed E-state index contributed by atoms with van der Waals surface area (Å²) >= 11 is 3.23. The molecule has 9 heteroatoms. The van der Waals surface area contributed by atoms with E-state index in [2.05, 4.69) is 20.4 Å². The van der Waals surface area contributed by atoms with Crippen molar-refractivity contribution >= 4 is 32.8 Å². The molecule has 1 unspecified atom stereocenters. The molecular formula is C22H17FN6S2. The van der Waals surface area contributed by atoms with Gasteiger partial charge in [0.1, 0.15) is 10.8 Å². The number of hydrogen-bond donors (Lipinski definition) is 1. The highest BCUT2D eigenvalue weighted by atomic mass is 32.1. The van der Waals surface area contributed by atoms with Gasteiger partial charge in [-0.3, -0.25) is 4.98 Å². The molecular weight excluding hydrogens is 431 g/mol. The third-order valence-electron chi connectivity index (χ3n) is 5.34. The summed E-state index contributed by atoms with van der Waals surface area (Å²) in [4.78, 5) is 15.9. The van der Waals surface area contributed by atoms with Crippen LogP contribution in [0.15, 0.2) is 55.0 Å². The minimum absolute atomic E-state index is 0.114. The number of fused-ring (bicyclic) bond motifs is 2. The Morgan fingerprint density at radius 2 is 1.97 bits per heavy atom. The van der Waals surface area contributed by atoms with Crippen molar-refractivity contribution in [2.45, 2.75) is 25.3 Å². The summed E-state index contributed by atoms with van der Waals surface area (Å²) in [6.45, 7) is 0. The number of hydrogen-bond acceptors (Lipinski definition) is 7. The van der Waals surface area contributed by atoms with Crippen molar-refractivity contribution < 1.29 is 4.39 Å². The summed E-state index contributed by atoms with van der Waals surface area (Å²) in [5.74, 6) is -0.231. The summed E-state index contributed by atoms with van der Waals surface area (Å²) in [5.41, 5.74) is 3.87. The highest BCUT2D eigenvalue weighted by Gasteiger charge is 2.26. The minimum Gasteiger partial charge on any atom is -0.352 e. The molecule has 154 valence electrons. The van der Waals surface area contributed by atoms with E-state index in [-0.39, 0.29) is 11.9 Å². The van der Waals surface area contributed by atoms with Gasteiger partial charge in [0.05, 0.1) is 23.6 Å². The molecule has 6 rings (SSSR count). The topological polar surface area (TPSA) is 68.0 Å². The van der Waals surface area contributed by atoms with E-state index in [1.165, 1.54) is 28.3 Å². The van der Waals surface area contributed by atoms with Crippen LogP contribution in [0.5, 0.6) is 0 Å². The van der Waals surface area contributed by atoms with Crippen LogP contribution < -0.4 is 5.32 Å². The molecule has 5 aromatic rings. The predicted molar refractivity (Wildman–Crippen MR) is 121 cm³/mol. The third-order valence-corrected chi connectivity index (χ3v) is 7.38. The summed E-state index contributed by atoms with van der Waals surface area (Å²) in [7, 11) is 0. The lowest BCUT2D eigenvalue weighted by Gasteiger charge is -2.21. The molecule has 0 radical (unpaired) electrons. The molecule has 31 heavy (non-hydrogen) atoms. The first kappa shape index (κ1) is 18.6. The maximum atomic E-state index is 13.3. The maximum Gasteiger partial charge on any atom is 0.214 e. The zero-order valence-corrected chi connectivity index (χ0v) is 18.0. The van der Waals surface area contributed by atoms with Crippen LogP contribution in [0.25, 0.3) is 26.8 Å². The average molecular weight is 449 g/mol. The number of aryl methyl sites for hydroxylation is 1. The number of thiazole rings is 1. The number of aromatic nitrogens is 5. The quantitative estimate of drug-likeness (QED) is 0.387. The van der Waals surface area contributed by atoms with Crippen LogP contribution in [-0.2, 0) is 6.42 Å². The Hall–Kier alpha value is -3.17. The van der Waals surface area contributed by atoms with Crippen LogP contribution >= 0.6 is 22.7 Å². The SMILES string of the molecule is Fc1ccc(-c2nc3c(s2)CCCC3Nc2nn3cc(-c4cccnc4)nc3s2)cc1. The van der Waals surface area contributed by atoms with Crippen LogP contribution in [0.1, 0.15) is 29.5 Å². The Balaban J connectivity index is 1.26.